The van der Waals surface area contributed by atoms with Gasteiger partial charge >= 0.3 is 0 Å². The van der Waals surface area contributed by atoms with Crippen molar-refractivity contribution in [1.82, 2.24) is 0 Å². The molecule has 5 saturated carbocycles. The molecule has 5 rings (SSSR count). The predicted molar refractivity (Wildman–Crippen MR) is 50.3 cm³/mol. The van der Waals surface area contributed by atoms with Crippen LogP contribution in [0.1, 0.15) is 6.42 Å². The Balaban J connectivity index is 1.87. The van der Waals surface area contributed by atoms with E-state index in [2.05, 4.69) is 15.9 Å². The van der Waals surface area contributed by atoms with Gasteiger partial charge in [-0.2, -0.15) is 0 Å². The highest BCUT2D eigenvalue weighted by Gasteiger charge is 2.83. The van der Waals surface area contributed by atoms with Gasteiger partial charge in [0, 0.05) is 16.7 Å². The second kappa shape index (κ2) is 1.56. The van der Waals surface area contributed by atoms with Gasteiger partial charge < -0.3 is 0 Å². The molecule has 0 amide bonds. The van der Waals surface area contributed by atoms with Crippen molar-refractivity contribution in [1.29, 1.82) is 0 Å². The molecule has 9 atom stereocenters. The summed E-state index contributed by atoms with van der Waals surface area (Å²) >= 11 is 3.86. The van der Waals surface area contributed by atoms with Crippen LogP contribution < -0.4 is 0 Å². The Morgan fingerprint density at radius 3 is 2.69 bits per heavy atom. The number of Topliss-reactive ketones (excluding diaryl/α,β-unsaturated/α-hetero) is 1. The van der Waals surface area contributed by atoms with Crippen LogP contribution in [0.5, 0.6) is 0 Å². The normalized spacial score (nSPS) is 79.8. The molecule has 0 aromatic carbocycles. The van der Waals surface area contributed by atoms with Crippen LogP contribution in [0, 0.1) is 47.3 Å². The third-order valence-electron chi connectivity index (χ3n) is 6.01. The van der Waals surface area contributed by atoms with E-state index in [1.807, 2.05) is 0 Å². The summed E-state index contributed by atoms with van der Waals surface area (Å²) in [5, 5.41) is 0. The fourth-order valence-corrected chi connectivity index (χ4v) is 7.45. The van der Waals surface area contributed by atoms with E-state index in [0.717, 1.165) is 40.3 Å². The molecule has 0 saturated heterocycles. The standard InChI is InChI=1S/C11H11BrO/c12-10-6-2-1-3-5-4(2)8(10)9(5)11(13)7(3)6/h2-10H,1H2/t2-,3+,4+,5+,6+,7-,8+,9+,10+/m1/s1. The number of hydrogen-bond acceptors (Lipinski definition) is 1. The summed E-state index contributed by atoms with van der Waals surface area (Å²) in [6, 6.07) is 0. The molecule has 0 aromatic rings. The Hall–Kier alpha value is 0.150. The monoisotopic (exact) mass is 238 g/mol. The molecule has 1 nitrogen and oxygen atoms in total. The first-order valence-corrected chi connectivity index (χ1v) is 6.40. The van der Waals surface area contributed by atoms with E-state index >= 15 is 0 Å². The van der Waals surface area contributed by atoms with Crippen molar-refractivity contribution in [3.05, 3.63) is 0 Å². The van der Waals surface area contributed by atoms with Gasteiger partial charge in [0.05, 0.1) is 0 Å². The van der Waals surface area contributed by atoms with Crippen molar-refractivity contribution in [3.63, 3.8) is 0 Å². The summed E-state index contributed by atoms with van der Waals surface area (Å²) in [4.78, 5) is 12.7. The Labute approximate surface area is 85.4 Å². The molecule has 0 radical (unpaired) electrons. The number of carbonyl (C=O) groups is 1. The largest absolute Gasteiger partial charge is 0.299 e. The first kappa shape index (κ1) is 6.60. The van der Waals surface area contributed by atoms with Crippen molar-refractivity contribution in [3.8, 4) is 0 Å². The number of carbonyl (C=O) groups excluding carboxylic acids is 1. The minimum Gasteiger partial charge on any atom is -0.299 e. The summed E-state index contributed by atoms with van der Waals surface area (Å²) in [5.41, 5.74) is 0. The highest BCUT2D eigenvalue weighted by molar-refractivity contribution is 9.09. The Bertz CT molecular complexity index is 352. The molecule has 68 valence electrons. The molecular formula is C11H11BrO. The average Bonchev–Trinajstić information content (AvgIpc) is 2.52. The smallest absolute Gasteiger partial charge is 0.140 e. The lowest BCUT2D eigenvalue weighted by atomic mass is 9.59. The third-order valence-corrected chi connectivity index (χ3v) is 7.24. The number of fused-ring (bicyclic) bond motifs is 2. The SMILES string of the molecule is O=C1[C@@H]2[C@H]3[C@@H](Br)[C@H]4[C@@H]5C[C@H]([C@@H]14)[C@H]2[C@H]53. The lowest BCUT2D eigenvalue weighted by Gasteiger charge is -2.45. The minimum absolute atomic E-state index is 0.513. The van der Waals surface area contributed by atoms with Crippen LogP contribution in [-0.2, 0) is 4.79 Å². The van der Waals surface area contributed by atoms with Gasteiger partial charge in [0.15, 0.2) is 0 Å². The number of rotatable bonds is 0. The van der Waals surface area contributed by atoms with Gasteiger partial charge in [-0.3, -0.25) is 4.79 Å². The maximum absolute atomic E-state index is 12.0. The van der Waals surface area contributed by atoms with E-state index in [9.17, 15) is 4.79 Å². The highest BCUT2D eigenvalue weighted by Crippen LogP contribution is 2.82. The van der Waals surface area contributed by atoms with Gasteiger partial charge in [0.1, 0.15) is 5.78 Å². The molecule has 5 fully saturated rings. The third kappa shape index (κ3) is 0.397. The molecule has 0 aliphatic heterocycles. The second-order valence-electron chi connectivity index (χ2n) is 5.77. The quantitative estimate of drug-likeness (QED) is 0.588. The number of halogens is 1. The van der Waals surface area contributed by atoms with Crippen LogP contribution in [0.15, 0.2) is 0 Å². The topological polar surface area (TPSA) is 17.1 Å². The summed E-state index contributed by atoms with van der Waals surface area (Å²) in [5.74, 6) is 6.90. The van der Waals surface area contributed by atoms with Gasteiger partial charge in [0.2, 0.25) is 0 Å². The maximum Gasteiger partial charge on any atom is 0.140 e. The van der Waals surface area contributed by atoms with Gasteiger partial charge in [-0.25, -0.2) is 0 Å². The number of alkyl halides is 1. The zero-order valence-corrected chi connectivity index (χ0v) is 8.78. The highest BCUT2D eigenvalue weighted by atomic mass is 79.9. The second-order valence-corrected chi connectivity index (χ2v) is 6.83. The van der Waals surface area contributed by atoms with Crippen LogP contribution in [0.25, 0.3) is 0 Å². The van der Waals surface area contributed by atoms with E-state index in [4.69, 9.17) is 0 Å². The molecule has 0 unspecified atom stereocenters. The minimum atomic E-state index is 0.513. The summed E-state index contributed by atoms with van der Waals surface area (Å²) in [7, 11) is 0. The molecule has 0 aromatic heterocycles. The van der Waals surface area contributed by atoms with E-state index in [-0.39, 0.29) is 0 Å². The van der Waals surface area contributed by atoms with Crippen LogP contribution in [0.4, 0.5) is 0 Å². The molecule has 5 aliphatic rings. The van der Waals surface area contributed by atoms with Crippen LogP contribution in [0.3, 0.4) is 0 Å². The first-order chi connectivity index (χ1) is 6.30. The lowest BCUT2D eigenvalue weighted by Crippen LogP contribution is -2.48. The summed E-state index contributed by atoms with van der Waals surface area (Å²) < 4.78 is 0. The van der Waals surface area contributed by atoms with Crippen molar-refractivity contribution >= 4 is 21.7 Å². The van der Waals surface area contributed by atoms with Crippen LogP contribution >= 0.6 is 15.9 Å². The van der Waals surface area contributed by atoms with Gasteiger partial charge in [0.25, 0.3) is 0 Å². The van der Waals surface area contributed by atoms with Gasteiger partial charge in [-0.15, -0.1) is 0 Å². The van der Waals surface area contributed by atoms with Gasteiger partial charge in [-0.1, -0.05) is 15.9 Å². The molecule has 2 bridgehead atoms. The first-order valence-electron chi connectivity index (χ1n) is 5.48. The average molecular weight is 239 g/mol. The Morgan fingerprint density at radius 1 is 1.00 bits per heavy atom. The molecule has 13 heavy (non-hydrogen) atoms. The van der Waals surface area contributed by atoms with Crippen molar-refractivity contribution < 1.29 is 4.79 Å². The van der Waals surface area contributed by atoms with E-state index in [0.29, 0.717) is 17.6 Å². The Morgan fingerprint density at radius 2 is 1.85 bits per heavy atom. The van der Waals surface area contributed by atoms with E-state index in [1.54, 1.807) is 0 Å². The van der Waals surface area contributed by atoms with Gasteiger partial charge in [-0.05, 0) is 41.9 Å². The lowest BCUT2D eigenvalue weighted by molar-refractivity contribution is -0.132. The molecule has 2 heteroatoms. The summed E-state index contributed by atoms with van der Waals surface area (Å²) in [6.45, 7) is 0. The van der Waals surface area contributed by atoms with Crippen molar-refractivity contribution in [2.75, 3.05) is 0 Å². The fraction of sp³-hybridized carbons (Fsp3) is 0.909. The zero-order valence-electron chi connectivity index (χ0n) is 7.19. The van der Waals surface area contributed by atoms with Crippen LogP contribution in [0.2, 0.25) is 0 Å². The van der Waals surface area contributed by atoms with Crippen molar-refractivity contribution in [2.45, 2.75) is 11.2 Å². The van der Waals surface area contributed by atoms with E-state index < -0.39 is 0 Å². The van der Waals surface area contributed by atoms with Crippen molar-refractivity contribution in [2.24, 2.45) is 47.3 Å². The predicted octanol–water partition coefficient (Wildman–Crippen LogP) is 1.71. The maximum atomic E-state index is 12.0. The number of hydrogen-bond donors (Lipinski definition) is 0. The number of ketones is 1. The fourth-order valence-electron chi connectivity index (χ4n) is 6.05. The van der Waals surface area contributed by atoms with E-state index in [1.165, 1.54) is 6.42 Å². The molecule has 0 N–H and O–H groups in total. The van der Waals surface area contributed by atoms with Crippen LogP contribution in [-0.4, -0.2) is 10.6 Å². The molecule has 5 aliphatic carbocycles. The molecule has 0 heterocycles. The molecular weight excluding hydrogens is 228 g/mol. The summed E-state index contributed by atoms with van der Waals surface area (Å²) in [6.07, 6.45) is 1.41. The Kier molecular flexibility index (Phi) is 0.790. The molecule has 0 spiro atoms. The zero-order chi connectivity index (χ0) is 8.48.